The number of benzene rings is 1. The van der Waals surface area contributed by atoms with Gasteiger partial charge in [0.2, 0.25) is 0 Å². The van der Waals surface area contributed by atoms with Crippen molar-refractivity contribution in [3.05, 3.63) is 50.3 Å². The highest BCUT2D eigenvalue weighted by molar-refractivity contribution is 14.1. The van der Waals surface area contributed by atoms with Gasteiger partial charge in [0, 0.05) is 10.3 Å². The third-order valence-corrected chi connectivity index (χ3v) is 5.42. The van der Waals surface area contributed by atoms with Gasteiger partial charge in [0.15, 0.2) is 0 Å². The van der Waals surface area contributed by atoms with E-state index in [4.69, 9.17) is 11.6 Å². The molecule has 0 radical (unpaired) electrons. The van der Waals surface area contributed by atoms with Crippen molar-refractivity contribution in [2.24, 2.45) is 0 Å². The Balaban J connectivity index is 2.26. The number of aromatic nitrogens is 2. The SMILES string of the molecule is CC(C)(C)c1nc(CSc2ccccc2F)nc(Cl)c1I. The Morgan fingerprint density at radius 2 is 1.90 bits per heavy atom. The van der Waals surface area contributed by atoms with Gasteiger partial charge in [-0.3, -0.25) is 0 Å². The first-order valence-electron chi connectivity index (χ1n) is 6.39. The van der Waals surface area contributed by atoms with Crippen molar-refractivity contribution in [2.75, 3.05) is 0 Å². The Morgan fingerprint density at radius 1 is 1.24 bits per heavy atom. The molecule has 2 rings (SSSR count). The molecule has 0 amide bonds. The minimum atomic E-state index is -0.227. The molecule has 0 saturated carbocycles. The fourth-order valence-corrected chi connectivity index (χ4v) is 3.76. The van der Waals surface area contributed by atoms with E-state index in [0.29, 0.717) is 21.6 Å². The molecule has 0 saturated heterocycles. The van der Waals surface area contributed by atoms with E-state index in [-0.39, 0.29) is 11.2 Å². The number of nitrogens with zero attached hydrogens (tertiary/aromatic N) is 2. The van der Waals surface area contributed by atoms with Crippen LogP contribution in [0.25, 0.3) is 0 Å². The third kappa shape index (κ3) is 4.29. The summed E-state index contributed by atoms with van der Waals surface area (Å²) >= 11 is 9.74. The van der Waals surface area contributed by atoms with Gasteiger partial charge in [-0.05, 0) is 34.7 Å². The summed E-state index contributed by atoms with van der Waals surface area (Å²) in [6.07, 6.45) is 0. The van der Waals surface area contributed by atoms with Gasteiger partial charge in [-0.25, -0.2) is 14.4 Å². The Hall–Kier alpha value is -0.400. The van der Waals surface area contributed by atoms with Crippen LogP contribution in [0, 0.1) is 9.39 Å². The molecule has 0 atom stereocenters. The first-order valence-corrected chi connectivity index (χ1v) is 8.83. The third-order valence-electron chi connectivity index (χ3n) is 2.76. The second kappa shape index (κ2) is 6.79. The summed E-state index contributed by atoms with van der Waals surface area (Å²) in [4.78, 5) is 9.49. The van der Waals surface area contributed by atoms with Gasteiger partial charge >= 0.3 is 0 Å². The van der Waals surface area contributed by atoms with E-state index in [1.54, 1.807) is 12.1 Å². The molecule has 0 aliphatic carbocycles. The summed E-state index contributed by atoms with van der Waals surface area (Å²) in [6.45, 7) is 6.25. The molecular weight excluding hydrogens is 422 g/mol. The topological polar surface area (TPSA) is 25.8 Å². The Morgan fingerprint density at radius 3 is 2.52 bits per heavy atom. The molecule has 1 aromatic heterocycles. The van der Waals surface area contributed by atoms with Crippen LogP contribution >= 0.6 is 46.0 Å². The van der Waals surface area contributed by atoms with Gasteiger partial charge in [-0.2, -0.15) is 0 Å². The zero-order valence-electron chi connectivity index (χ0n) is 12.0. The van der Waals surface area contributed by atoms with Crippen LogP contribution in [-0.4, -0.2) is 9.97 Å². The smallest absolute Gasteiger partial charge is 0.146 e. The van der Waals surface area contributed by atoms with Gasteiger partial charge in [-0.1, -0.05) is 44.5 Å². The highest BCUT2D eigenvalue weighted by atomic mass is 127. The van der Waals surface area contributed by atoms with E-state index in [1.807, 2.05) is 6.07 Å². The molecule has 2 aromatic rings. The lowest BCUT2D eigenvalue weighted by Gasteiger charge is -2.20. The summed E-state index contributed by atoms with van der Waals surface area (Å²) < 4.78 is 14.5. The molecule has 1 heterocycles. The Kier molecular flexibility index (Phi) is 5.48. The van der Waals surface area contributed by atoms with E-state index in [9.17, 15) is 4.39 Å². The monoisotopic (exact) mass is 436 g/mol. The van der Waals surface area contributed by atoms with Crippen LogP contribution in [-0.2, 0) is 11.2 Å². The van der Waals surface area contributed by atoms with Crippen LogP contribution < -0.4 is 0 Å². The summed E-state index contributed by atoms with van der Waals surface area (Å²) in [5, 5.41) is 0.458. The fourth-order valence-electron chi connectivity index (χ4n) is 1.73. The summed E-state index contributed by atoms with van der Waals surface area (Å²) in [5.74, 6) is 0.884. The molecule has 1 aromatic carbocycles. The molecule has 0 N–H and O–H groups in total. The van der Waals surface area contributed by atoms with Gasteiger partial charge in [0.05, 0.1) is 15.0 Å². The average Bonchev–Trinajstić information content (AvgIpc) is 2.40. The molecule has 112 valence electrons. The predicted octanol–water partition coefficient (Wildman–Crippen LogP) is 5.46. The summed E-state index contributed by atoms with van der Waals surface area (Å²) in [7, 11) is 0. The molecule has 0 unspecified atom stereocenters. The van der Waals surface area contributed by atoms with Crippen LogP contribution in [0.1, 0.15) is 32.3 Å². The van der Waals surface area contributed by atoms with Crippen LogP contribution in [0.15, 0.2) is 29.2 Å². The lowest BCUT2D eigenvalue weighted by Crippen LogP contribution is -2.18. The second-order valence-electron chi connectivity index (χ2n) is 5.56. The number of hydrogen-bond donors (Lipinski definition) is 0. The van der Waals surface area contributed by atoms with Crippen LogP contribution in [0.5, 0.6) is 0 Å². The molecule has 0 aliphatic rings. The maximum Gasteiger partial charge on any atom is 0.146 e. The zero-order valence-corrected chi connectivity index (χ0v) is 15.7. The van der Waals surface area contributed by atoms with Crippen LogP contribution in [0.4, 0.5) is 4.39 Å². The molecule has 6 heteroatoms. The largest absolute Gasteiger partial charge is 0.235 e. The van der Waals surface area contributed by atoms with Crippen LogP contribution in [0.3, 0.4) is 0 Å². The van der Waals surface area contributed by atoms with E-state index in [0.717, 1.165) is 9.26 Å². The van der Waals surface area contributed by atoms with Crippen molar-refractivity contribution in [1.82, 2.24) is 9.97 Å². The predicted molar refractivity (Wildman–Crippen MR) is 94.4 cm³/mol. The van der Waals surface area contributed by atoms with Gasteiger partial charge in [0.25, 0.3) is 0 Å². The Bertz CT molecular complexity index is 659. The minimum absolute atomic E-state index is 0.111. The van der Waals surface area contributed by atoms with Crippen molar-refractivity contribution in [2.45, 2.75) is 36.8 Å². The minimum Gasteiger partial charge on any atom is -0.235 e. The zero-order chi connectivity index (χ0) is 15.6. The fraction of sp³-hybridized carbons (Fsp3) is 0.333. The number of hydrogen-bond acceptors (Lipinski definition) is 3. The Labute approximate surface area is 147 Å². The molecular formula is C15H15ClFIN2S. The van der Waals surface area contributed by atoms with E-state index >= 15 is 0 Å². The highest BCUT2D eigenvalue weighted by Gasteiger charge is 2.22. The summed E-state index contributed by atoms with van der Waals surface area (Å²) in [6, 6.07) is 6.69. The average molecular weight is 437 g/mol. The van der Waals surface area contributed by atoms with Crippen molar-refractivity contribution < 1.29 is 4.39 Å². The number of rotatable bonds is 3. The molecule has 21 heavy (non-hydrogen) atoms. The van der Waals surface area contributed by atoms with Crippen molar-refractivity contribution in [3.8, 4) is 0 Å². The van der Waals surface area contributed by atoms with E-state index < -0.39 is 0 Å². The standard InChI is InChI=1S/C15H15ClFIN2S/c1-15(2,3)13-12(18)14(16)20-11(19-13)8-21-10-7-5-4-6-9(10)17/h4-7H,8H2,1-3H3. The number of halogens is 3. The summed E-state index contributed by atoms with van der Waals surface area (Å²) in [5.41, 5.74) is 0.813. The van der Waals surface area contributed by atoms with Gasteiger partial charge < -0.3 is 0 Å². The van der Waals surface area contributed by atoms with Crippen molar-refractivity contribution >= 4 is 46.0 Å². The lowest BCUT2D eigenvalue weighted by molar-refractivity contribution is 0.559. The number of thioether (sulfide) groups is 1. The molecule has 0 spiro atoms. The maximum absolute atomic E-state index is 13.6. The van der Waals surface area contributed by atoms with Gasteiger partial charge in [0.1, 0.15) is 16.8 Å². The molecule has 0 bridgehead atoms. The van der Waals surface area contributed by atoms with Crippen LogP contribution in [0.2, 0.25) is 5.15 Å². The second-order valence-corrected chi connectivity index (χ2v) is 8.02. The molecule has 0 fully saturated rings. The van der Waals surface area contributed by atoms with E-state index in [2.05, 4.69) is 53.3 Å². The van der Waals surface area contributed by atoms with Crippen molar-refractivity contribution in [3.63, 3.8) is 0 Å². The normalized spacial score (nSPS) is 11.7. The highest BCUT2D eigenvalue weighted by Crippen LogP contribution is 2.31. The van der Waals surface area contributed by atoms with Crippen molar-refractivity contribution in [1.29, 1.82) is 0 Å². The maximum atomic E-state index is 13.6. The molecule has 0 aliphatic heterocycles. The van der Waals surface area contributed by atoms with E-state index in [1.165, 1.54) is 17.8 Å². The first kappa shape index (κ1) is 17.0. The lowest BCUT2D eigenvalue weighted by atomic mass is 9.92. The van der Waals surface area contributed by atoms with Gasteiger partial charge in [-0.15, -0.1) is 11.8 Å². The quantitative estimate of drug-likeness (QED) is 0.363. The first-order chi connectivity index (χ1) is 9.79. The molecule has 2 nitrogen and oxygen atoms in total.